The monoisotopic (exact) mass is 301 g/mol. The Hall–Kier alpha value is -2.54. The Morgan fingerprint density at radius 2 is 2.18 bits per heavy atom. The summed E-state index contributed by atoms with van der Waals surface area (Å²) >= 11 is 0. The average Bonchev–Trinajstić information content (AvgIpc) is 2.49. The topological polar surface area (TPSA) is 105 Å². The molecule has 0 bridgehead atoms. The molecule has 7 heteroatoms. The van der Waals surface area contributed by atoms with Crippen LogP contribution < -0.4 is 5.32 Å². The van der Waals surface area contributed by atoms with E-state index in [4.69, 9.17) is 0 Å². The van der Waals surface area contributed by atoms with Crippen LogP contribution >= 0.6 is 0 Å². The number of benzene rings is 1. The summed E-state index contributed by atoms with van der Waals surface area (Å²) in [6.45, 7) is 0.178. The van der Waals surface area contributed by atoms with Crippen molar-refractivity contribution >= 4 is 22.5 Å². The van der Waals surface area contributed by atoms with Crippen molar-refractivity contribution in [1.82, 2.24) is 10.3 Å². The van der Waals surface area contributed by atoms with Crippen molar-refractivity contribution in [3.8, 4) is 0 Å². The van der Waals surface area contributed by atoms with E-state index < -0.39 is 10.5 Å². The Labute approximate surface area is 126 Å². The molecule has 7 nitrogen and oxygen atoms in total. The number of non-ortho nitro benzene ring substituents is 1. The lowest BCUT2D eigenvalue weighted by molar-refractivity contribution is -0.383. The molecule has 0 aliphatic heterocycles. The number of fused-ring (bicyclic) bond motifs is 1. The highest BCUT2D eigenvalue weighted by Gasteiger charge is 2.34. The summed E-state index contributed by atoms with van der Waals surface area (Å²) in [5, 5.41) is 24.1. The molecule has 0 spiro atoms. The zero-order valence-corrected chi connectivity index (χ0v) is 11.8. The molecule has 0 saturated heterocycles. The van der Waals surface area contributed by atoms with Crippen molar-refractivity contribution < 1.29 is 14.8 Å². The molecule has 0 unspecified atom stereocenters. The second-order valence-corrected chi connectivity index (χ2v) is 5.55. The molecule has 1 heterocycles. The van der Waals surface area contributed by atoms with Gasteiger partial charge in [-0.15, -0.1) is 0 Å². The van der Waals surface area contributed by atoms with Crippen LogP contribution in [-0.2, 0) is 0 Å². The van der Waals surface area contributed by atoms with Gasteiger partial charge in [-0.3, -0.25) is 19.9 Å². The molecule has 1 saturated carbocycles. The van der Waals surface area contributed by atoms with Gasteiger partial charge in [-0.05, 0) is 37.5 Å². The minimum atomic E-state index is -0.820. The Kier molecular flexibility index (Phi) is 3.50. The van der Waals surface area contributed by atoms with E-state index in [0.29, 0.717) is 18.2 Å². The summed E-state index contributed by atoms with van der Waals surface area (Å²) in [4.78, 5) is 26.9. The van der Waals surface area contributed by atoms with Gasteiger partial charge in [-0.2, -0.15) is 0 Å². The molecule has 114 valence electrons. The fourth-order valence-corrected chi connectivity index (χ4v) is 2.60. The molecule has 1 aliphatic carbocycles. The fraction of sp³-hybridized carbons (Fsp3) is 0.333. The highest BCUT2D eigenvalue weighted by atomic mass is 16.6. The van der Waals surface area contributed by atoms with Crippen LogP contribution in [0.2, 0.25) is 0 Å². The van der Waals surface area contributed by atoms with Crippen LogP contribution in [-0.4, -0.2) is 33.1 Å². The highest BCUT2D eigenvalue weighted by Crippen LogP contribution is 2.31. The van der Waals surface area contributed by atoms with Crippen molar-refractivity contribution in [1.29, 1.82) is 0 Å². The summed E-state index contributed by atoms with van der Waals surface area (Å²) in [6, 6.07) is 5.86. The maximum absolute atomic E-state index is 12.3. The quantitative estimate of drug-likeness (QED) is 0.661. The number of carbonyl (C=O) groups is 1. The van der Waals surface area contributed by atoms with E-state index in [9.17, 15) is 20.0 Å². The number of aromatic nitrogens is 1. The number of nitrogens with zero attached hydrogens (tertiary/aromatic N) is 2. The van der Waals surface area contributed by atoms with E-state index in [2.05, 4.69) is 10.3 Å². The van der Waals surface area contributed by atoms with Gasteiger partial charge in [0.15, 0.2) is 0 Å². The van der Waals surface area contributed by atoms with Crippen molar-refractivity contribution in [2.45, 2.75) is 24.9 Å². The molecule has 3 rings (SSSR count). The lowest BCUT2D eigenvalue weighted by Crippen LogP contribution is -2.47. The van der Waals surface area contributed by atoms with Crippen LogP contribution in [0, 0.1) is 10.1 Å². The van der Waals surface area contributed by atoms with Crippen LogP contribution in [0.3, 0.4) is 0 Å². The van der Waals surface area contributed by atoms with Crippen LogP contribution in [0.1, 0.15) is 29.6 Å². The van der Waals surface area contributed by atoms with Crippen LogP contribution in [0.25, 0.3) is 10.9 Å². The van der Waals surface area contributed by atoms with Gasteiger partial charge in [0.25, 0.3) is 11.6 Å². The number of aliphatic hydroxyl groups is 1. The van der Waals surface area contributed by atoms with Crippen LogP contribution in [0.15, 0.2) is 30.5 Å². The molecular formula is C15H15N3O4. The third-order valence-corrected chi connectivity index (χ3v) is 4.05. The van der Waals surface area contributed by atoms with Gasteiger partial charge in [0.1, 0.15) is 0 Å². The Bertz CT molecular complexity index is 756. The predicted molar refractivity (Wildman–Crippen MR) is 79.5 cm³/mol. The van der Waals surface area contributed by atoms with E-state index in [1.807, 2.05) is 0 Å². The van der Waals surface area contributed by atoms with E-state index >= 15 is 0 Å². The average molecular weight is 301 g/mol. The van der Waals surface area contributed by atoms with Gasteiger partial charge in [0, 0.05) is 18.8 Å². The van der Waals surface area contributed by atoms with Gasteiger partial charge in [-0.1, -0.05) is 0 Å². The van der Waals surface area contributed by atoms with Gasteiger partial charge in [0.05, 0.1) is 27.0 Å². The van der Waals surface area contributed by atoms with Gasteiger partial charge >= 0.3 is 0 Å². The Morgan fingerprint density at radius 3 is 2.82 bits per heavy atom. The first-order valence-electron chi connectivity index (χ1n) is 7.03. The maximum Gasteiger partial charge on any atom is 0.278 e. The summed E-state index contributed by atoms with van der Waals surface area (Å²) in [5.41, 5.74) is -0.351. The number of hydrogen-bond donors (Lipinski definition) is 2. The summed E-state index contributed by atoms with van der Waals surface area (Å²) in [5.74, 6) is -0.390. The number of nitro benzene ring substituents is 1. The fourth-order valence-electron chi connectivity index (χ4n) is 2.60. The van der Waals surface area contributed by atoms with Crippen molar-refractivity contribution in [2.24, 2.45) is 0 Å². The second-order valence-electron chi connectivity index (χ2n) is 5.55. The lowest BCUT2D eigenvalue weighted by Gasteiger charge is -2.36. The van der Waals surface area contributed by atoms with Crippen molar-refractivity contribution in [3.63, 3.8) is 0 Å². The summed E-state index contributed by atoms with van der Waals surface area (Å²) < 4.78 is 0. The molecule has 22 heavy (non-hydrogen) atoms. The van der Waals surface area contributed by atoms with Gasteiger partial charge in [0.2, 0.25) is 0 Å². The number of nitro groups is 1. The molecule has 0 radical (unpaired) electrons. The first-order valence-corrected chi connectivity index (χ1v) is 7.03. The number of carbonyl (C=O) groups excluding carboxylic acids is 1. The third kappa shape index (κ3) is 2.50. The minimum absolute atomic E-state index is 0.0859. The zero-order chi connectivity index (χ0) is 15.7. The smallest absolute Gasteiger partial charge is 0.278 e. The summed E-state index contributed by atoms with van der Waals surface area (Å²) in [6.07, 6.45) is 3.79. The predicted octanol–water partition coefficient (Wildman–Crippen LogP) is 1.79. The van der Waals surface area contributed by atoms with Crippen LogP contribution in [0.4, 0.5) is 5.69 Å². The first-order chi connectivity index (χ1) is 10.5. The minimum Gasteiger partial charge on any atom is -0.388 e. The molecule has 1 fully saturated rings. The molecule has 1 aromatic heterocycles. The SMILES string of the molecule is O=C(NCC1(O)CCC1)c1ccc([N+](=O)[O-])c2cccnc12. The largest absolute Gasteiger partial charge is 0.388 e. The van der Waals surface area contributed by atoms with E-state index in [1.54, 1.807) is 12.1 Å². The summed E-state index contributed by atoms with van der Waals surface area (Å²) in [7, 11) is 0. The zero-order valence-electron chi connectivity index (χ0n) is 11.8. The third-order valence-electron chi connectivity index (χ3n) is 4.05. The Morgan fingerprint density at radius 1 is 1.41 bits per heavy atom. The molecule has 2 aromatic rings. The second kappa shape index (κ2) is 5.34. The highest BCUT2D eigenvalue weighted by molar-refractivity contribution is 6.07. The van der Waals surface area contributed by atoms with Gasteiger partial charge in [-0.25, -0.2) is 0 Å². The molecule has 1 aromatic carbocycles. The van der Waals surface area contributed by atoms with E-state index in [0.717, 1.165) is 6.42 Å². The normalized spacial score (nSPS) is 16.0. The first kappa shape index (κ1) is 14.4. The molecule has 0 atom stereocenters. The van der Waals surface area contributed by atoms with Crippen molar-refractivity contribution in [3.05, 3.63) is 46.1 Å². The molecule has 1 amide bonds. The number of amides is 1. The standard InChI is InChI=1S/C15H15N3O4/c19-14(17-9-15(20)6-2-7-15)11-4-5-12(18(21)22)10-3-1-8-16-13(10)11/h1,3-5,8,20H,2,6-7,9H2,(H,17,19). The van der Waals surface area contributed by atoms with Gasteiger partial charge < -0.3 is 10.4 Å². The number of nitrogens with one attached hydrogen (secondary N) is 1. The van der Waals surface area contributed by atoms with Crippen LogP contribution in [0.5, 0.6) is 0 Å². The lowest BCUT2D eigenvalue weighted by atomic mass is 9.80. The molecular weight excluding hydrogens is 286 g/mol. The maximum atomic E-state index is 12.3. The molecule has 2 N–H and O–H groups in total. The molecule has 1 aliphatic rings. The Balaban J connectivity index is 1.92. The number of hydrogen-bond acceptors (Lipinski definition) is 5. The van der Waals surface area contributed by atoms with E-state index in [1.165, 1.54) is 18.3 Å². The number of rotatable bonds is 4. The number of pyridine rings is 1. The van der Waals surface area contributed by atoms with Crippen molar-refractivity contribution in [2.75, 3.05) is 6.54 Å². The van der Waals surface area contributed by atoms with E-state index in [-0.39, 0.29) is 29.2 Å².